The summed E-state index contributed by atoms with van der Waals surface area (Å²) in [5, 5.41) is 0. The Morgan fingerprint density at radius 2 is 1.65 bits per heavy atom. The van der Waals surface area contributed by atoms with Crippen LogP contribution < -0.4 is 0 Å². The Kier molecular flexibility index (Phi) is 3.74. The van der Waals surface area contributed by atoms with Crippen molar-refractivity contribution in [3.05, 3.63) is 72.3 Å². The van der Waals surface area contributed by atoms with Gasteiger partial charge in [0.1, 0.15) is 0 Å². The average Bonchev–Trinajstić information content (AvgIpc) is 3.24. The van der Waals surface area contributed by atoms with E-state index in [0.717, 1.165) is 11.1 Å². The highest BCUT2D eigenvalue weighted by Gasteiger charge is 2.36. The molecule has 0 amide bonds. The average molecular weight is 304 g/mol. The first-order chi connectivity index (χ1) is 11.3. The van der Waals surface area contributed by atoms with Crippen molar-refractivity contribution >= 4 is 5.97 Å². The maximum absolute atomic E-state index is 12.2. The number of carbonyl (C=O) groups is 1. The van der Waals surface area contributed by atoms with Crippen LogP contribution in [0.3, 0.4) is 0 Å². The Hall–Kier alpha value is -2.35. The molecule has 1 saturated carbocycles. The normalized spacial score (nSPS) is 24.8. The number of allylic oxidation sites excluding steroid dienone is 2. The Balaban J connectivity index is 1.38. The molecule has 2 aromatic carbocycles. The lowest BCUT2D eigenvalue weighted by molar-refractivity contribution is 0.0421. The summed E-state index contributed by atoms with van der Waals surface area (Å²) < 4.78 is 5.54. The monoisotopic (exact) mass is 304 g/mol. The summed E-state index contributed by atoms with van der Waals surface area (Å²) in [7, 11) is 0. The molecule has 1 fully saturated rings. The van der Waals surface area contributed by atoms with Crippen LogP contribution in [0.25, 0.3) is 11.1 Å². The summed E-state index contributed by atoms with van der Waals surface area (Å²) in [5.41, 5.74) is 2.89. The lowest BCUT2D eigenvalue weighted by Crippen LogP contribution is -2.17. The third-order valence-electron chi connectivity index (χ3n) is 5.07. The van der Waals surface area contributed by atoms with Crippen LogP contribution in [-0.4, -0.2) is 12.6 Å². The zero-order chi connectivity index (χ0) is 15.6. The minimum Gasteiger partial charge on any atom is -0.462 e. The van der Waals surface area contributed by atoms with E-state index in [0.29, 0.717) is 29.9 Å². The van der Waals surface area contributed by atoms with Crippen LogP contribution in [0.4, 0.5) is 0 Å². The van der Waals surface area contributed by atoms with Gasteiger partial charge in [0.15, 0.2) is 0 Å². The molecule has 0 radical (unpaired) electrons. The first kappa shape index (κ1) is 14.3. The lowest BCUT2D eigenvalue weighted by atomic mass is 9.95. The molecule has 2 nitrogen and oxygen atoms in total. The number of hydrogen-bond acceptors (Lipinski definition) is 2. The maximum Gasteiger partial charge on any atom is 0.338 e. The van der Waals surface area contributed by atoms with E-state index in [1.165, 1.54) is 12.8 Å². The van der Waals surface area contributed by atoms with E-state index < -0.39 is 0 Å². The molecule has 2 aliphatic carbocycles. The SMILES string of the molecule is O=C(OCC1CC2C=CC1C2)c1ccc(-c2ccccc2)cc1. The highest BCUT2D eigenvalue weighted by molar-refractivity contribution is 5.90. The zero-order valence-corrected chi connectivity index (χ0v) is 13.0. The molecule has 116 valence electrons. The number of ether oxygens (including phenoxy) is 1. The summed E-state index contributed by atoms with van der Waals surface area (Å²) in [5.74, 6) is 1.64. The van der Waals surface area contributed by atoms with Crippen molar-refractivity contribution in [2.24, 2.45) is 17.8 Å². The standard InChI is InChI=1S/C21H20O2/c22-21(23-14-20-13-15-6-7-19(20)12-15)18-10-8-17(9-11-18)16-4-2-1-3-5-16/h1-11,15,19-20H,12-14H2. The molecule has 3 atom stereocenters. The molecule has 0 aromatic heterocycles. The molecule has 23 heavy (non-hydrogen) atoms. The molecular formula is C21H20O2. The van der Waals surface area contributed by atoms with Gasteiger partial charge in [0.25, 0.3) is 0 Å². The summed E-state index contributed by atoms with van der Waals surface area (Å²) >= 11 is 0. The minimum absolute atomic E-state index is 0.212. The second-order valence-electron chi connectivity index (χ2n) is 6.58. The van der Waals surface area contributed by atoms with Crippen molar-refractivity contribution in [2.75, 3.05) is 6.61 Å². The molecule has 0 aliphatic heterocycles. The smallest absolute Gasteiger partial charge is 0.338 e. The Labute approximate surface area is 136 Å². The van der Waals surface area contributed by atoms with E-state index in [-0.39, 0.29) is 5.97 Å². The van der Waals surface area contributed by atoms with Gasteiger partial charge in [0.2, 0.25) is 0 Å². The largest absolute Gasteiger partial charge is 0.462 e. The van der Waals surface area contributed by atoms with E-state index in [1.54, 1.807) is 0 Å². The molecule has 4 rings (SSSR count). The van der Waals surface area contributed by atoms with E-state index in [4.69, 9.17) is 4.74 Å². The topological polar surface area (TPSA) is 26.3 Å². The molecule has 0 spiro atoms. The first-order valence-electron chi connectivity index (χ1n) is 8.30. The predicted octanol–water partition coefficient (Wildman–Crippen LogP) is 4.72. The summed E-state index contributed by atoms with van der Waals surface area (Å²) in [6.07, 6.45) is 7.02. The Morgan fingerprint density at radius 1 is 0.913 bits per heavy atom. The first-order valence-corrected chi connectivity index (χ1v) is 8.30. The fourth-order valence-corrected chi connectivity index (χ4v) is 3.78. The Bertz CT molecular complexity index is 715. The van der Waals surface area contributed by atoms with Crippen molar-refractivity contribution in [2.45, 2.75) is 12.8 Å². The number of rotatable bonds is 4. The van der Waals surface area contributed by atoms with Gasteiger partial charge in [-0.1, -0.05) is 54.6 Å². The van der Waals surface area contributed by atoms with Gasteiger partial charge in [0, 0.05) is 0 Å². The second kappa shape index (κ2) is 6.04. The quantitative estimate of drug-likeness (QED) is 0.603. The van der Waals surface area contributed by atoms with Crippen LogP contribution in [0.2, 0.25) is 0 Å². The summed E-state index contributed by atoms with van der Waals surface area (Å²) in [6.45, 7) is 0.546. The van der Waals surface area contributed by atoms with Crippen LogP contribution >= 0.6 is 0 Å². The van der Waals surface area contributed by atoms with Crippen LogP contribution in [0.1, 0.15) is 23.2 Å². The van der Waals surface area contributed by atoms with Gasteiger partial charge in [-0.3, -0.25) is 0 Å². The number of benzene rings is 2. The molecule has 0 N–H and O–H groups in total. The zero-order valence-electron chi connectivity index (χ0n) is 13.0. The van der Waals surface area contributed by atoms with Crippen molar-refractivity contribution in [3.63, 3.8) is 0 Å². The highest BCUT2D eigenvalue weighted by Crippen LogP contribution is 2.43. The third kappa shape index (κ3) is 2.94. The highest BCUT2D eigenvalue weighted by atomic mass is 16.5. The van der Waals surface area contributed by atoms with Gasteiger partial charge >= 0.3 is 5.97 Å². The van der Waals surface area contributed by atoms with Crippen LogP contribution in [0.15, 0.2) is 66.7 Å². The fourth-order valence-electron chi connectivity index (χ4n) is 3.78. The molecule has 2 heteroatoms. The van der Waals surface area contributed by atoms with Crippen molar-refractivity contribution < 1.29 is 9.53 Å². The van der Waals surface area contributed by atoms with Gasteiger partial charge in [-0.2, -0.15) is 0 Å². The molecule has 2 bridgehead atoms. The lowest BCUT2D eigenvalue weighted by Gasteiger charge is -2.17. The molecular weight excluding hydrogens is 284 g/mol. The number of hydrogen-bond donors (Lipinski definition) is 0. The predicted molar refractivity (Wildman–Crippen MR) is 91.0 cm³/mol. The fraction of sp³-hybridized carbons (Fsp3) is 0.286. The van der Waals surface area contributed by atoms with E-state index in [9.17, 15) is 4.79 Å². The number of carbonyl (C=O) groups excluding carboxylic acids is 1. The maximum atomic E-state index is 12.2. The van der Waals surface area contributed by atoms with E-state index in [1.807, 2.05) is 42.5 Å². The molecule has 0 saturated heterocycles. The summed E-state index contributed by atoms with van der Waals surface area (Å²) in [6, 6.07) is 17.8. The van der Waals surface area contributed by atoms with Gasteiger partial charge in [-0.25, -0.2) is 4.79 Å². The number of fused-ring (bicyclic) bond motifs is 2. The van der Waals surface area contributed by atoms with Gasteiger partial charge < -0.3 is 4.74 Å². The molecule has 3 unspecified atom stereocenters. The molecule has 2 aliphatic rings. The van der Waals surface area contributed by atoms with Gasteiger partial charge in [-0.15, -0.1) is 0 Å². The van der Waals surface area contributed by atoms with Crippen LogP contribution in [-0.2, 0) is 4.74 Å². The van der Waals surface area contributed by atoms with Crippen LogP contribution in [0.5, 0.6) is 0 Å². The summed E-state index contributed by atoms with van der Waals surface area (Å²) in [4.78, 5) is 12.2. The van der Waals surface area contributed by atoms with Crippen LogP contribution in [0, 0.1) is 17.8 Å². The molecule has 2 aromatic rings. The van der Waals surface area contributed by atoms with Crippen molar-refractivity contribution in [3.8, 4) is 11.1 Å². The third-order valence-corrected chi connectivity index (χ3v) is 5.07. The molecule has 0 heterocycles. The van der Waals surface area contributed by atoms with E-state index >= 15 is 0 Å². The van der Waals surface area contributed by atoms with Crippen molar-refractivity contribution in [1.29, 1.82) is 0 Å². The second-order valence-corrected chi connectivity index (χ2v) is 6.58. The number of esters is 1. The Morgan fingerprint density at radius 3 is 2.30 bits per heavy atom. The van der Waals surface area contributed by atoms with Gasteiger partial charge in [-0.05, 0) is 53.9 Å². The minimum atomic E-state index is -0.212. The van der Waals surface area contributed by atoms with E-state index in [2.05, 4.69) is 24.3 Å². The van der Waals surface area contributed by atoms with Gasteiger partial charge in [0.05, 0.1) is 12.2 Å². The van der Waals surface area contributed by atoms with Crippen molar-refractivity contribution in [1.82, 2.24) is 0 Å².